The zero-order chi connectivity index (χ0) is 10.0. The molecule has 0 aromatic rings. The average molecular weight is 199 g/mol. The van der Waals surface area contributed by atoms with Crippen LogP contribution in [-0.2, 0) is 4.74 Å². The number of rotatable bonds is 4. The van der Waals surface area contributed by atoms with Crippen LogP contribution in [0.2, 0.25) is 0 Å². The second-order valence-electron chi connectivity index (χ2n) is 4.88. The lowest BCUT2D eigenvalue weighted by molar-refractivity contribution is -0.0361. The Hall–Kier alpha value is -0.120. The molecular weight excluding hydrogens is 178 g/mol. The Kier molecular flexibility index (Phi) is 3.10. The van der Waals surface area contributed by atoms with Crippen LogP contribution >= 0.6 is 0 Å². The summed E-state index contributed by atoms with van der Waals surface area (Å²) in [5.41, 5.74) is -0.544. The highest BCUT2D eigenvalue weighted by Gasteiger charge is 2.37. The van der Waals surface area contributed by atoms with Crippen LogP contribution < -0.4 is 0 Å². The maximum Gasteiger partial charge on any atom is 0.103 e. The number of hydrogen-bond donors (Lipinski definition) is 1. The lowest BCUT2D eigenvalue weighted by Gasteiger charge is -2.42. The molecule has 1 unspecified atom stereocenters. The summed E-state index contributed by atoms with van der Waals surface area (Å²) in [4.78, 5) is 2.36. The van der Waals surface area contributed by atoms with Crippen LogP contribution in [0, 0.1) is 5.92 Å². The fourth-order valence-electron chi connectivity index (χ4n) is 2.53. The smallest absolute Gasteiger partial charge is 0.103 e. The summed E-state index contributed by atoms with van der Waals surface area (Å²) in [6, 6.07) is 0. The molecule has 3 heteroatoms. The summed E-state index contributed by atoms with van der Waals surface area (Å²) in [5.74, 6) is 0.880. The second kappa shape index (κ2) is 4.17. The number of hydrogen-bond acceptors (Lipinski definition) is 3. The minimum Gasteiger partial charge on any atom is -0.386 e. The zero-order valence-electron chi connectivity index (χ0n) is 9.04. The molecule has 2 aliphatic rings. The van der Waals surface area contributed by atoms with Crippen molar-refractivity contribution in [2.24, 2.45) is 5.92 Å². The molecule has 2 heterocycles. The minimum absolute atomic E-state index is 0.530. The van der Waals surface area contributed by atoms with E-state index in [1.165, 1.54) is 25.9 Å². The van der Waals surface area contributed by atoms with Crippen molar-refractivity contribution >= 4 is 0 Å². The van der Waals surface area contributed by atoms with Crippen molar-refractivity contribution in [2.75, 3.05) is 32.8 Å². The topological polar surface area (TPSA) is 32.7 Å². The van der Waals surface area contributed by atoms with Gasteiger partial charge in [-0.2, -0.15) is 0 Å². The van der Waals surface area contributed by atoms with Crippen molar-refractivity contribution in [1.29, 1.82) is 0 Å². The highest BCUT2D eigenvalue weighted by molar-refractivity contribution is 4.90. The van der Waals surface area contributed by atoms with E-state index in [0.717, 1.165) is 25.5 Å². The van der Waals surface area contributed by atoms with Crippen LogP contribution in [0.5, 0.6) is 0 Å². The van der Waals surface area contributed by atoms with Gasteiger partial charge in [0.1, 0.15) is 5.60 Å². The Balaban J connectivity index is 1.68. The van der Waals surface area contributed by atoms with E-state index in [0.29, 0.717) is 6.61 Å². The first-order chi connectivity index (χ1) is 6.72. The summed E-state index contributed by atoms with van der Waals surface area (Å²) in [6.45, 7) is 6.66. The molecule has 0 aromatic carbocycles. The molecule has 2 rings (SSSR count). The third-order valence-corrected chi connectivity index (χ3v) is 3.33. The van der Waals surface area contributed by atoms with Gasteiger partial charge in [-0.1, -0.05) is 13.3 Å². The molecule has 3 nitrogen and oxygen atoms in total. The van der Waals surface area contributed by atoms with Crippen molar-refractivity contribution < 1.29 is 9.84 Å². The molecule has 2 fully saturated rings. The standard InChI is InChI=1S/C11H21NO2/c1-2-3-10-6-12(7-10)8-11(13)4-5-14-9-11/h10,13H,2-9H2,1H3. The van der Waals surface area contributed by atoms with Crippen LogP contribution in [0.3, 0.4) is 0 Å². The summed E-state index contributed by atoms with van der Waals surface area (Å²) < 4.78 is 5.23. The summed E-state index contributed by atoms with van der Waals surface area (Å²) in [7, 11) is 0. The van der Waals surface area contributed by atoms with E-state index in [1.54, 1.807) is 0 Å². The van der Waals surface area contributed by atoms with E-state index in [4.69, 9.17) is 4.74 Å². The predicted molar refractivity (Wildman–Crippen MR) is 55.2 cm³/mol. The van der Waals surface area contributed by atoms with E-state index >= 15 is 0 Å². The summed E-state index contributed by atoms with van der Waals surface area (Å²) in [6.07, 6.45) is 3.43. The third-order valence-electron chi connectivity index (χ3n) is 3.33. The van der Waals surface area contributed by atoms with Crippen LogP contribution in [-0.4, -0.2) is 48.5 Å². The van der Waals surface area contributed by atoms with E-state index in [2.05, 4.69) is 11.8 Å². The molecule has 0 aliphatic carbocycles. The van der Waals surface area contributed by atoms with Gasteiger partial charge < -0.3 is 9.84 Å². The second-order valence-corrected chi connectivity index (χ2v) is 4.88. The van der Waals surface area contributed by atoms with Crippen LogP contribution in [0.4, 0.5) is 0 Å². The van der Waals surface area contributed by atoms with E-state index in [9.17, 15) is 5.11 Å². The molecule has 2 aliphatic heterocycles. The first kappa shape index (κ1) is 10.4. The highest BCUT2D eigenvalue weighted by atomic mass is 16.5. The molecule has 1 N–H and O–H groups in total. The fraction of sp³-hybridized carbons (Fsp3) is 1.00. The maximum atomic E-state index is 10.1. The molecule has 0 amide bonds. The van der Waals surface area contributed by atoms with Gasteiger partial charge in [-0.15, -0.1) is 0 Å². The van der Waals surface area contributed by atoms with Crippen LogP contribution in [0.15, 0.2) is 0 Å². The zero-order valence-corrected chi connectivity index (χ0v) is 9.04. The number of ether oxygens (including phenoxy) is 1. The molecule has 0 saturated carbocycles. The van der Waals surface area contributed by atoms with Gasteiger partial charge in [0.2, 0.25) is 0 Å². The molecule has 0 aromatic heterocycles. The predicted octanol–water partition coefficient (Wildman–Crippen LogP) is 0.870. The third kappa shape index (κ3) is 2.27. The van der Waals surface area contributed by atoms with Gasteiger partial charge in [-0.3, -0.25) is 4.90 Å². The van der Waals surface area contributed by atoms with Crippen molar-refractivity contribution in [1.82, 2.24) is 4.90 Å². The van der Waals surface area contributed by atoms with E-state index < -0.39 is 5.60 Å². The van der Waals surface area contributed by atoms with Crippen molar-refractivity contribution in [2.45, 2.75) is 31.8 Å². The molecule has 0 spiro atoms. The normalized spacial score (nSPS) is 34.7. The molecule has 0 bridgehead atoms. The first-order valence-electron chi connectivity index (χ1n) is 5.74. The lowest BCUT2D eigenvalue weighted by atomic mass is 9.92. The number of likely N-dealkylation sites (tertiary alicyclic amines) is 1. The molecule has 0 radical (unpaired) electrons. The van der Waals surface area contributed by atoms with Gasteiger partial charge in [0, 0.05) is 32.7 Å². The van der Waals surface area contributed by atoms with Crippen LogP contribution in [0.1, 0.15) is 26.2 Å². The number of nitrogens with zero attached hydrogens (tertiary/aromatic N) is 1. The van der Waals surface area contributed by atoms with Gasteiger partial charge in [-0.25, -0.2) is 0 Å². The van der Waals surface area contributed by atoms with Crippen molar-refractivity contribution in [3.63, 3.8) is 0 Å². The first-order valence-corrected chi connectivity index (χ1v) is 5.74. The Morgan fingerprint density at radius 2 is 2.29 bits per heavy atom. The van der Waals surface area contributed by atoms with Gasteiger partial charge in [-0.05, 0) is 12.3 Å². The Bertz CT molecular complexity index is 184. The van der Waals surface area contributed by atoms with Crippen molar-refractivity contribution in [3.05, 3.63) is 0 Å². The van der Waals surface area contributed by atoms with Gasteiger partial charge in [0.15, 0.2) is 0 Å². The molecule has 82 valence electrons. The SMILES string of the molecule is CCCC1CN(CC2(O)CCOC2)C1. The lowest BCUT2D eigenvalue weighted by Crippen LogP contribution is -2.53. The Morgan fingerprint density at radius 3 is 2.86 bits per heavy atom. The van der Waals surface area contributed by atoms with Gasteiger partial charge in [0.05, 0.1) is 6.61 Å². The molecule has 2 saturated heterocycles. The van der Waals surface area contributed by atoms with E-state index in [1.807, 2.05) is 0 Å². The summed E-state index contributed by atoms with van der Waals surface area (Å²) >= 11 is 0. The number of β-amino-alcohol motifs (C(OH)–C–C–N with tert-alkyl or cyclic N) is 1. The quantitative estimate of drug-likeness (QED) is 0.729. The molecular formula is C11H21NO2. The Morgan fingerprint density at radius 1 is 1.50 bits per heavy atom. The number of aliphatic hydroxyl groups is 1. The Labute approximate surface area is 86.0 Å². The van der Waals surface area contributed by atoms with E-state index in [-0.39, 0.29) is 0 Å². The van der Waals surface area contributed by atoms with Crippen molar-refractivity contribution in [3.8, 4) is 0 Å². The van der Waals surface area contributed by atoms with Crippen LogP contribution in [0.25, 0.3) is 0 Å². The van der Waals surface area contributed by atoms with Gasteiger partial charge >= 0.3 is 0 Å². The molecule has 14 heavy (non-hydrogen) atoms. The fourth-order valence-corrected chi connectivity index (χ4v) is 2.53. The largest absolute Gasteiger partial charge is 0.386 e. The average Bonchev–Trinajstić information content (AvgIpc) is 2.49. The van der Waals surface area contributed by atoms with Gasteiger partial charge in [0.25, 0.3) is 0 Å². The maximum absolute atomic E-state index is 10.1. The minimum atomic E-state index is -0.544. The highest BCUT2D eigenvalue weighted by Crippen LogP contribution is 2.26. The molecule has 1 atom stereocenters. The summed E-state index contributed by atoms with van der Waals surface area (Å²) in [5, 5.41) is 10.1. The monoisotopic (exact) mass is 199 g/mol.